The minimum atomic E-state index is 0.0448. The molecule has 1 heterocycles. The zero-order chi connectivity index (χ0) is 16.1. The summed E-state index contributed by atoms with van der Waals surface area (Å²) in [6.07, 6.45) is 0.0448. The highest BCUT2D eigenvalue weighted by Crippen LogP contribution is 2.30. The van der Waals surface area contributed by atoms with Gasteiger partial charge in [-0.3, -0.25) is 4.90 Å². The van der Waals surface area contributed by atoms with Crippen molar-refractivity contribution in [2.75, 3.05) is 40.3 Å². The van der Waals surface area contributed by atoms with Gasteiger partial charge < -0.3 is 9.64 Å². The summed E-state index contributed by atoms with van der Waals surface area (Å²) < 4.78 is 6.28. The molecule has 0 bridgehead atoms. The van der Waals surface area contributed by atoms with E-state index in [1.54, 1.807) is 0 Å². The zero-order valence-electron chi connectivity index (χ0n) is 14.1. The van der Waals surface area contributed by atoms with E-state index < -0.39 is 0 Å². The molecule has 2 aromatic carbocycles. The first kappa shape index (κ1) is 16.2. The van der Waals surface area contributed by atoms with Crippen molar-refractivity contribution in [2.45, 2.75) is 12.6 Å². The molecule has 0 aliphatic carbocycles. The fourth-order valence-electron chi connectivity index (χ4n) is 3.08. The number of benzene rings is 2. The van der Waals surface area contributed by atoms with Crippen molar-refractivity contribution in [1.82, 2.24) is 9.80 Å². The second-order valence-electron chi connectivity index (χ2n) is 6.44. The van der Waals surface area contributed by atoms with Gasteiger partial charge in [-0.1, -0.05) is 54.6 Å². The standard InChI is InChI=1S/C20H26N2O/c1-21(2)12-13-22-14-15-23-20(17-8-4-3-5-9-17)19-11-7-6-10-18(19)16-22/h3-11,20H,12-16H2,1-2H3. The number of nitrogens with zero attached hydrogens (tertiary/aromatic N) is 2. The molecule has 1 aliphatic rings. The van der Waals surface area contributed by atoms with Gasteiger partial charge >= 0.3 is 0 Å². The smallest absolute Gasteiger partial charge is 0.108 e. The van der Waals surface area contributed by atoms with E-state index in [2.05, 4.69) is 78.5 Å². The lowest BCUT2D eigenvalue weighted by molar-refractivity contribution is 0.0478. The summed E-state index contributed by atoms with van der Waals surface area (Å²) in [6.45, 7) is 4.88. The van der Waals surface area contributed by atoms with Gasteiger partial charge in [0.15, 0.2) is 0 Å². The largest absolute Gasteiger partial charge is 0.367 e. The molecule has 0 fully saturated rings. The lowest BCUT2D eigenvalue weighted by Crippen LogP contribution is -2.35. The molecule has 23 heavy (non-hydrogen) atoms. The first-order valence-electron chi connectivity index (χ1n) is 8.35. The number of hydrogen-bond donors (Lipinski definition) is 0. The SMILES string of the molecule is CN(C)CCN1CCOC(c2ccccc2)c2ccccc2C1. The second-order valence-corrected chi connectivity index (χ2v) is 6.44. The van der Waals surface area contributed by atoms with Crippen LogP contribution in [-0.2, 0) is 11.3 Å². The molecule has 0 spiro atoms. The maximum absolute atomic E-state index is 6.28. The van der Waals surface area contributed by atoms with E-state index in [-0.39, 0.29) is 6.10 Å². The van der Waals surface area contributed by atoms with Gasteiger partial charge in [-0.25, -0.2) is 0 Å². The van der Waals surface area contributed by atoms with Crippen molar-refractivity contribution in [1.29, 1.82) is 0 Å². The van der Waals surface area contributed by atoms with E-state index in [0.29, 0.717) is 0 Å². The van der Waals surface area contributed by atoms with E-state index in [9.17, 15) is 0 Å². The Kier molecular flexibility index (Phi) is 5.44. The van der Waals surface area contributed by atoms with E-state index in [1.807, 2.05) is 0 Å². The van der Waals surface area contributed by atoms with Crippen LogP contribution in [0, 0.1) is 0 Å². The summed E-state index contributed by atoms with van der Waals surface area (Å²) >= 11 is 0. The van der Waals surface area contributed by atoms with Crippen molar-refractivity contribution in [3.63, 3.8) is 0 Å². The molecule has 3 rings (SSSR count). The van der Waals surface area contributed by atoms with Gasteiger partial charge in [-0.2, -0.15) is 0 Å². The Balaban J connectivity index is 1.85. The molecule has 122 valence electrons. The van der Waals surface area contributed by atoms with Crippen LogP contribution in [-0.4, -0.2) is 50.1 Å². The van der Waals surface area contributed by atoms with Gasteiger partial charge in [0.25, 0.3) is 0 Å². The van der Waals surface area contributed by atoms with Gasteiger partial charge in [0.05, 0.1) is 6.61 Å². The van der Waals surface area contributed by atoms with Crippen LogP contribution < -0.4 is 0 Å². The van der Waals surface area contributed by atoms with Crippen LogP contribution in [0.25, 0.3) is 0 Å². The predicted molar refractivity (Wildman–Crippen MR) is 94.5 cm³/mol. The topological polar surface area (TPSA) is 15.7 Å². The number of likely N-dealkylation sites (N-methyl/N-ethyl adjacent to an activating group) is 1. The van der Waals surface area contributed by atoms with Crippen molar-refractivity contribution in [3.05, 3.63) is 71.3 Å². The number of hydrogen-bond acceptors (Lipinski definition) is 3. The van der Waals surface area contributed by atoms with Gasteiger partial charge in [-0.15, -0.1) is 0 Å². The number of ether oxygens (including phenoxy) is 1. The highest BCUT2D eigenvalue weighted by Gasteiger charge is 2.22. The molecule has 0 saturated carbocycles. The number of fused-ring (bicyclic) bond motifs is 1. The molecule has 2 aromatic rings. The molecule has 0 amide bonds. The third-order valence-electron chi connectivity index (χ3n) is 4.39. The monoisotopic (exact) mass is 310 g/mol. The molecule has 0 aromatic heterocycles. The maximum atomic E-state index is 6.28. The minimum Gasteiger partial charge on any atom is -0.367 e. The Morgan fingerprint density at radius 3 is 2.57 bits per heavy atom. The predicted octanol–water partition coefficient (Wildman–Crippen LogP) is 3.17. The summed E-state index contributed by atoms with van der Waals surface area (Å²) in [5, 5.41) is 0. The Labute approximate surface area is 139 Å². The van der Waals surface area contributed by atoms with Gasteiger partial charge in [0, 0.05) is 26.2 Å². The normalized spacial score (nSPS) is 19.2. The van der Waals surface area contributed by atoms with Crippen LogP contribution in [0.4, 0.5) is 0 Å². The highest BCUT2D eigenvalue weighted by atomic mass is 16.5. The van der Waals surface area contributed by atoms with Crippen molar-refractivity contribution < 1.29 is 4.74 Å². The Bertz CT molecular complexity index is 612. The summed E-state index contributed by atoms with van der Waals surface area (Å²) in [7, 11) is 4.25. The fraction of sp³-hybridized carbons (Fsp3) is 0.400. The van der Waals surface area contributed by atoms with E-state index >= 15 is 0 Å². The Morgan fingerprint density at radius 2 is 1.78 bits per heavy atom. The summed E-state index contributed by atoms with van der Waals surface area (Å²) in [5.41, 5.74) is 3.91. The molecule has 1 aliphatic heterocycles. The zero-order valence-corrected chi connectivity index (χ0v) is 14.1. The van der Waals surface area contributed by atoms with Crippen molar-refractivity contribution in [3.8, 4) is 0 Å². The summed E-state index contributed by atoms with van der Waals surface area (Å²) in [4.78, 5) is 4.72. The van der Waals surface area contributed by atoms with Crippen LogP contribution in [0.15, 0.2) is 54.6 Å². The second kappa shape index (κ2) is 7.73. The fourth-order valence-corrected chi connectivity index (χ4v) is 3.08. The molecule has 1 unspecified atom stereocenters. The van der Waals surface area contributed by atoms with Gasteiger partial charge in [-0.05, 0) is 30.8 Å². The van der Waals surface area contributed by atoms with Crippen LogP contribution >= 0.6 is 0 Å². The van der Waals surface area contributed by atoms with E-state index in [4.69, 9.17) is 4.74 Å². The molecule has 0 radical (unpaired) electrons. The van der Waals surface area contributed by atoms with Crippen molar-refractivity contribution >= 4 is 0 Å². The minimum absolute atomic E-state index is 0.0448. The molecule has 0 saturated heterocycles. The van der Waals surface area contributed by atoms with E-state index in [1.165, 1.54) is 16.7 Å². The van der Waals surface area contributed by atoms with Gasteiger partial charge in [0.1, 0.15) is 6.10 Å². The van der Waals surface area contributed by atoms with Crippen LogP contribution in [0.3, 0.4) is 0 Å². The quantitative estimate of drug-likeness (QED) is 0.863. The molecule has 0 N–H and O–H groups in total. The molecule has 3 heteroatoms. The third-order valence-corrected chi connectivity index (χ3v) is 4.39. The Morgan fingerprint density at radius 1 is 1.04 bits per heavy atom. The van der Waals surface area contributed by atoms with Gasteiger partial charge in [0.2, 0.25) is 0 Å². The van der Waals surface area contributed by atoms with Crippen LogP contribution in [0.5, 0.6) is 0 Å². The van der Waals surface area contributed by atoms with Crippen LogP contribution in [0.2, 0.25) is 0 Å². The summed E-state index contributed by atoms with van der Waals surface area (Å²) in [5.74, 6) is 0. The number of rotatable bonds is 4. The Hall–Kier alpha value is -1.68. The average molecular weight is 310 g/mol. The first-order valence-corrected chi connectivity index (χ1v) is 8.35. The van der Waals surface area contributed by atoms with E-state index in [0.717, 1.165) is 32.8 Å². The first-order chi connectivity index (χ1) is 11.2. The van der Waals surface area contributed by atoms with Crippen molar-refractivity contribution in [2.24, 2.45) is 0 Å². The molecule has 1 atom stereocenters. The molecular formula is C20H26N2O. The average Bonchev–Trinajstić information content (AvgIpc) is 2.55. The lowest BCUT2D eigenvalue weighted by Gasteiger charge is -2.31. The van der Waals surface area contributed by atoms with Crippen LogP contribution in [0.1, 0.15) is 22.8 Å². The highest BCUT2D eigenvalue weighted by molar-refractivity contribution is 5.36. The maximum Gasteiger partial charge on any atom is 0.108 e. The third kappa shape index (κ3) is 4.20. The molecular weight excluding hydrogens is 284 g/mol. The summed E-state index contributed by atoms with van der Waals surface area (Å²) in [6, 6.07) is 19.2. The lowest BCUT2D eigenvalue weighted by atomic mass is 9.95. The molecule has 3 nitrogen and oxygen atoms in total.